The molecule has 2 rings (SSSR count). The topological polar surface area (TPSA) is 56.2 Å². The van der Waals surface area contributed by atoms with Gasteiger partial charge in [-0.25, -0.2) is 9.97 Å². The molecule has 4 nitrogen and oxygen atoms in total. The first kappa shape index (κ1) is 7.42. The largest absolute Gasteiger partial charge is 0.382 e. The summed E-state index contributed by atoms with van der Waals surface area (Å²) in [4.78, 5) is 8.30. The van der Waals surface area contributed by atoms with Gasteiger partial charge in [0.25, 0.3) is 0 Å². The summed E-state index contributed by atoms with van der Waals surface area (Å²) in [6, 6.07) is 0. The van der Waals surface area contributed by atoms with Crippen molar-refractivity contribution in [3.63, 3.8) is 0 Å². The van der Waals surface area contributed by atoms with E-state index in [9.17, 15) is 0 Å². The molecule has 2 heterocycles. The van der Waals surface area contributed by atoms with Gasteiger partial charge in [-0.1, -0.05) is 0 Å². The second kappa shape index (κ2) is 2.67. The minimum Gasteiger partial charge on any atom is -0.382 e. The lowest BCUT2D eigenvalue weighted by Gasteiger charge is -2.00. The van der Waals surface area contributed by atoms with Crippen molar-refractivity contribution in [3.8, 4) is 0 Å². The van der Waals surface area contributed by atoms with Crippen molar-refractivity contribution in [2.45, 2.75) is 5.03 Å². The molecular weight excluding hydrogens is 172 g/mol. The van der Waals surface area contributed by atoms with Gasteiger partial charge in [-0.15, -0.1) is 11.8 Å². The van der Waals surface area contributed by atoms with Gasteiger partial charge < -0.3 is 10.1 Å². The molecule has 0 fully saturated rings. The molecule has 0 atom stereocenters. The van der Waals surface area contributed by atoms with Crippen molar-refractivity contribution in [1.29, 1.82) is 0 Å². The van der Waals surface area contributed by atoms with Crippen molar-refractivity contribution in [3.05, 3.63) is 18.6 Å². The molecule has 2 N–H and O–H groups in total. The molecule has 0 unspecified atom stereocenters. The minimum absolute atomic E-state index is 0.518. The number of hydrogen-bond donors (Lipinski definition) is 1. The molecule has 0 radical (unpaired) electrons. The fourth-order valence-electron chi connectivity index (χ4n) is 1.06. The van der Waals surface area contributed by atoms with Crippen LogP contribution >= 0.6 is 11.8 Å². The quantitative estimate of drug-likeness (QED) is 0.666. The van der Waals surface area contributed by atoms with Crippen LogP contribution in [0.15, 0.2) is 23.6 Å². The molecule has 0 spiro atoms. The predicted octanol–water partition coefficient (Wildman–Crippen LogP) is 1.03. The van der Waals surface area contributed by atoms with Gasteiger partial charge in [-0.05, 0) is 6.26 Å². The number of aromatic nitrogens is 3. The first-order chi connectivity index (χ1) is 5.81. The molecule has 2 aromatic rings. The molecule has 0 aliphatic rings. The van der Waals surface area contributed by atoms with Gasteiger partial charge in [0.15, 0.2) is 5.65 Å². The summed E-state index contributed by atoms with van der Waals surface area (Å²) in [5.74, 6) is 0.518. The van der Waals surface area contributed by atoms with Gasteiger partial charge in [0, 0.05) is 12.4 Å². The third kappa shape index (κ3) is 1.02. The van der Waals surface area contributed by atoms with Crippen LogP contribution < -0.4 is 5.73 Å². The molecule has 0 bridgehead atoms. The molecule has 0 aliphatic heterocycles. The maximum Gasteiger partial charge on any atom is 0.169 e. The fourth-order valence-corrected chi connectivity index (χ4v) is 1.60. The third-order valence-corrected chi connectivity index (χ3v) is 2.22. The Kier molecular flexibility index (Phi) is 1.65. The van der Waals surface area contributed by atoms with Gasteiger partial charge in [-0.2, -0.15) is 0 Å². The lowest BCUT2D eigenvalue weighted by Crippen LogP contribution is -1.96. The normalized spacial score (nSPS) is 10.8. The zero-order valence-electron chi connectivity index (χ0n) is 6.56. The lowest BCUT2D eigenvalue weighted by molar-refractivity contribution is 1.05. The van der Waals surface area contributed by atoms with Crippen LogP contribution in [0.1, 0.15) is 0 Å². The summed E-state index contributed by atoms with van der Waals surface area (Å²) in [6.45, 7) is 0. The average molecular weight is 180 g/mol. The van der Waals surface area contributed by atoms with E-state index in [1.807, 2.05) is 16.9 Å². The standard InChI is InChI=1S/C7H8N4S/c1-12-7-6-9-2-3-11(6)4-5(8)10-7/h2-4H,8H2,1H3. The first-order valence-corrected chi connectivity index (χ1v) is 4.67. The highest BCUT2D eigenvalue weighted by molar-refractivity contribution is 7.98. The molecule has 62 valence electrons. The Morgan fingerprint density at radius 1 is 1.58 bits per heavy atom. The second-order valence-electron chi connectivity index (χ2n) is 2.33. The molecule has 12 heavy (non-hydrogen) atoms. The summed E-state index contributed by atoms with van der Waals surface area (Å²) in [7, 11) is 0. The van der Waals surface area contributed by atoms with E-state index in [1.165, 1.54) is 0 Å². The zero-order chi connectivity index (χ0) is 8.55. The number of nitrogens with zero attached hydrogens (tertiary/aromatic N) is 3. The summed E-state index contributed by atoms with van der Waals surface area (Å²) < 4.78 is 1.87. The number of hydrogen-bond acceptors (Lipinski definition) is 4. The molecule has 0 amide bonds. The number of imidazole rings is 1. The van der Waals surface area contributed by atoms with E-state index in [2.05, 4.69) is 9.97 Å². The Hall–Kier alpha value is -1.23. The maximum absolute atomic E-state index is 5.59. The number of thioether (sulfide) groups is 1. The van der Waals surface area contributed by atoms with E-state index in [4.69, 9.17) is 5.73 Å². The van der Waals surface area contributed by atoms with Gasteiger partial charge in [-0.3, -0.25) is 0 Å². The Balaban J connectivity index is 2.80. The maximum atomic E-state index is 5.59. The van der Waals surface area contributed by atoms with Crippen LogP contribution in [0.25, 0.3) is 5.65 Å². The van der Waals surface area contributed by atoms with Crippen LogP contribution in [-0.4, -0.2) is 20.6 Å². The molecular formula is C7H8N4S. The van der Waals surface area contributed by atoms with E-state index in [-0.39, 0.29) is 0 Å². The molecule has 0 saturated carbocycles. The highest BCUT2D eigenvalue weighted by Gasteiger charge is 2.03. The average Bonchev–Trinajstić information content (AvgIpc) is 2.50. The Morgan fingerprint density at radius 2 is 2.42 bits per heavy atom. The third-order valence-electron chi connectivity index (χ3n) is 1.56. The fraction of sp³-hybridized carbons (Fsp3) is 0.143. The lowest BCUT2D eigenvalue weighted by atomic mass is 10.6. The van der Waals surface area contributed by atoms with E-state index < -0.39 is 0 Å². The summed E-state index contributed by atoms with van der Waals surface area (Å²) >= 11 is 1.54. The van der Waals surface area contributed by atoms with E-state index in [0.717, 1.165) is 10.7 Å². The van der Waals surface area contributed by atoms with Crippen LogP contribution in [-0.2, 0) is 0 Å². The van der Waals surface area contributed by atoms with E-state index in [0.29, 0.717) is 5.82 Å². The van der Waals surface area contributed by atoms with Gasteiger partial charge in [0.2, 0.25) is 0 Å². The highest BCUT2D eigenvalue weighted by atomic mass is 32.2. The number of nitrogen functional groups attached to an aromatic ring is 1. The molecule has 0 aliphatic carbocycles. The van der Waals surface area contributed by atoms with Crippen LogP contribution in [0.2, 0.25) is 0 Å². The smallest absolute Gasteiger partial charge is 0.169 e. The van der Waals surface area contributed by atoms with Crippen LogP contribution in [0.4, 0.5) is 5.82 Å². The van der Waals surface area contributed by atoms with Gasteiger partial charge >= 0.3 is 0 Å². The Labute approximate surface area is 73.8 Å². The number of fused-ring (bicyclic) bond motifs is 1. The molecule has 0 saturated heterocycles. The van der Waals surface area contributed by atoms with E-state index in [1.54, 1.807) is 24.2 Å². The first-order valence-electron chi connectivity index (χ1n) is 3.44. The second-order valence-corrected chi connectivity index (χ2v) is 3.13. The summed E-state index contributed by atoms with van der Waals surface area (Å²) in [6.07, 6.45) is 7.29. The number of nitrogens with two attached hydrogens (primary N) is 1. The van der Waals surface area contributed by atoms with Crippen LogP contribution in [0.3, 0.4) is 0 Å². The van der Waals surface area contributed by atoms with Gasteiger partial charge in [0.05, 0.1) is 6.20 Å². The molecule has 5 heteroatoms. The van der Waals surface area contributed by atoms with E-state index >= 15 is 0 Å². The van der Waals surface area contributed by atoms with Crippen molar-refractivity contribution in [1.82, 2.24) is 14.4 Å². The zero-order valence-corrected chi connectivity index (χ0v) is 7.38. The molecule has 2 aromatic heterocycles. The minimum atomic E-state index is 0.518. The monoisotopic (exact) mass is 180 g/mol. The van der Waals surface area contributed by atoms with Gasteiger partial charge in [0.1, 0.15) is 10.8 Å². The SMILES string of the molecule is CSc1nc(N)cn2ccnc12. The summed E-state index contributed by atoms with van der Waals surface area (Å²) in [5, 5.41) is 0.861. The van der Waals surface area contributed by atoms with Crippen LogP contribution in [0, 0.1) is 0 Å². The Morgan fingerprint density at radius 3 is 3.17 bits per heavy atom. The van der Waals surface area contributed by atoms with Crippen molar-refractivity contribution in [2.75, 3.05) is 12.0 Å². The van der Waals surface area contributed by atoms with Crippen molar-refractivity contribution in [2.24, 2.45) is 0 Å². The predicted molar refractivity (Wildman–Crippen MR) is 49.2 cm³/mol. The van der Waals surface area contributed by atoms with Crippen LogP contribution in [0.5, 0.6) is 0 Å². The number of rotatable bonds is 1. The van der Waals surface area contributed by atoms with Crippen molar-refractivity contribution >= 4 is 23.2 Å². The Bertz CT molecular complexity index is 409. The highest BCUT2D eigenvalue weighted by Crippen LogP contribution is 2.18. The summed E-state index contributed by atoms with van der Waals surface area (Å²) in [5.41, 5.74) is 6.44. The van der Waals surface area contributed by atoms with Crippen molar-refractivity contribution < 1.29 is 0 Å². The number of anilines is 1. The molecule has 0 aromatic carbocycles.